The number of alkyl halides is 3. The zero-order valence-corrected chi connectivity index (χ0v) is 11.8. The van der Waals surface area contributed by atoms with Crippen LogP contribution in [0.15, 0.2) is 42.5 Å². The highest BCUT2D eigenvalue weighted by atomic mass is 19.4. The van der Waals surface area contributed by atoms with Crippen LogP contribution in [0.25, 0.3) is 0 Å². The molecule has 0 aliphatic carbocycles. The Morgan fingerprint density at radius 2 is 1.46 bits per heavy atom. The number of ether oxygens (including phenoxy) is 1. The zero-order chi connectivity index (χ0) is 17.9. The van der Waals surface area contributed by atoms with Gasteiger partial charge in [0.1, 0.15) is 17.9 Å². The van der Waals surface area contributed by atoms with E-state index in [1.807, 2.05) is 0 Å². The van der Waals surface area contributed by atoms with Gasteiger partial charge in [-0.1, -0.05) is 0 Å². The number of hydrogen-bond acceptors (Lipinski definition) is 5. The van der Waals surface area contributed by atoms with Crippen LogP contribution in [0.2, 0.25) is 0 Å². The Balaban J connectivity index is 2.22. The van der Waals surface area contributed by atoms with Crippen molar-refractivity contribution >= 4 is 11.4 Å². The van der Waals surface area contributed by atoms with Gasteiger partial charge in [0, 0.05) is 24.3 Å². The van der Waals surface area contributed by atoms with Crippen molar-refractivity contribution < 1.29 is 27.8 Å². The minimum atomic E-state index is -4.82. The number of benzene rings is 2. The maximum Gasteiger partial charge on any atom is 0.420 e. The third kappa shape index (κ3) is 3.97. The molecule has 0 unspecified atom stereocenters. The summed E-state index contributed by atoms with van der Waals surface area (Å²) in [6, 6.07) is 7.24. The molecule has 0 aliphatic rings. The number of nitro groups is 2. The molecule has 0 spiro atoms. The van der Waals surface area contributed by atoms with Crippen LogP contribution >= 0.6 is 0 Å². The van der Waals surface area contributed by atoms with E-state index in [0.29, 0.717) is 11.6 Å². The second-order valence-electron chi connectivity index (χ2n) is 4.65. The van der Waals surface area contributed by atoms with Crippen molar-refractivity contribution in [2.24, 2.45) is 0 Å². The van der Waals surface area contributed by atoms with Crippen molar-refractivity contribution in [3.8, 4) is 5.75 Å². The van der Waals surface area contributed by atoms with Crippen LogP contribution in [0.3, 0.4) is 0 Å². The number of rotatable bonds is 5. The summed E-state index contributed by atoms with van der Waals surface area (Å²) in [7, 11) is 0. The van der Waals surface area contributed by atoms with Crippen LogP contribution in [0.1, 0.15) is 11.1 Å². The smallest absolute Gasteiger partial charge is 0.420 e. The lowest BCUT2D eigenvalue weighted by atomic mass is 10.1. The van der Waals surface area contributed by atoms with Crippen molar-refractivity contribution in [1.82, 2.24) is 0 Å². The Labute approximate surface area is 132 Å². The summed E-state index contributed by atoms with van der Waals surface area (Å²) in [5, 5.41) is 21.1. The largest absolute Gasteiger partial charge is 0.488 e. The number of nitrogens with zero attached hydrogens (tertiary/aromatic N) is 2. The van der Waals surface area contributed by atoms with Crippen molar-refractivity contribution in [2.45, 2.75) is 12.8 Å². The maximum absolute atomic E-state index is 13.0. The summed E-state index contributed by atoms with van der Waals surface area (Å²) in [5.41, 5.74) is -1.72. The number of halogens is 3. The topological polar surface area (TPSA) is 95.5 Å². The molecule has 0 bridgehead atoms. The first-order valence-electron chi connectivity index (χ1n) is 6.40. The maximum atomic E-state index is 13.0. The molecule has 7 nitrogen and oxygen atoms in total. The van der Waals surface area contributed by atoms with E-state index in [1.165, 1.54) is 24.3 Å². The van der Waals surface area contributed by atoms with Gasteiger partial charge in [-0.3, -0.25) is 20.2 Å². The third-order valence-electron chi connectivity index (χ3n) is 3.02. The molecule has 0 atom stereocenters. The van der Waals surface area contributed by atoms with Gasteiger partial charge in [0.15, 0.2) is 0 Å². The first-order chi connectivity index (χ1) is 11.2. The van der Waals surface area contributed by atoms with Crippen molar-refractivity contribution in [3.63, 3.8) is 0 Å². The van der Waals surface area contributed by atoms with Crippen molar-refractivity contribution in [1.29, 1.82) is 0 Å². The third-order valence-corrected chi connectivity index (χ3v) is 3.02. The van der Waals surface area contributed by atoms with Gasteiger partial charge in [0.05, 0.1) is 9.85 Å². The van der Waals surface area contributed by atoms with Gasteiger partial charge in [0.2, 0.25) is 0 Å². The average Bonchev–Trinajstić information content (AvgIpc) is 2.52. The van der Waals surface area contributed by atoms with Crippen molar-refractivity contribution in [2.75, 3.05) is 0 Å². The average molecular weight is 342 g/mol. The summed E-state index contributed by atoms with van der Waals surface area (Å²) in [5.74, 6) is -0.563. The van der Waals surface area contributed by atoms with E-state index in [0.717, 1.165) is 12.1 Å². The molecule has 0 heterocycles. The van der Waals surface area contributed by atoms with E-state index in [-0.39, 0.29) is 12.3 Å². The van der Waals surface area contributed by atoms with Gasteiger partial charge in [-0.05, 0) is 23.8 Å². The summed E-state index contributed by atoms with van der Waals surface area (Å²) >= 11 is 0. The Morgan fingerprint density at radius 1 is 0.917 bits per heavy atom. The fraction of sp³-hybridized carbons (Fsp3) is 0.143. The molecule has 0 amide bonds. The molecule has 0 fully saturated rings. The molecule has 10 heteroatoms. The monoisotopic (exact) mass is 342 g/mol. The Kier molecular flexibility index (Phi) is 4.67. The molecule has 0 aliphatic heterocycles. The first kappa shape index (κ1) is 17.2. The molecule has 0 N–H and O–H groups in total. The highest BCUT2D eigenvalue weighted by Gasteiger charge is 2.36. The van der Waals surface area contributed by atoms with Gasteiger partial charge in [-0.25, -0.2) is 0 Å². The van der Waals surface area contributed by atoms with Crippen LogP contribution in [0.4, 0.5) is 24.5 Å². The lowest BCUT2D eigenvalue weighted by Crippen LogP contribution is -2.09. The molecule has 126 valence electrons. The summed E-state index contributed by atoms with van der Waals surface area (Å²) in [6.45, 7) is -0.279. The van der Waals surface area contributed by atoms with Crippen LogP contribution in [0, 0.1) is 20.2 Å². The first-order valence-corrected chi connectivity index (χ1v) is 6.40. The number of nitro benzene ring substituents is 2. The molecular weight excluding hydrogens is 333 g/mol. The fourth-order valence-corrected chi connectivity index (χ4v) is 1.85. The lowest BCUT2D eigenvalue weighted by Gasteiger charge is -2.13. The van der Waals surface area contributed by atoms with Crippen LogP contribution in [-0.4, -0.2) is 9.85 Å². The summed E-state index contributed by atoms with van der Waals surface area (Å²) < 4.78 is 44.0. The Morgan fingerprint density at radius 3 is 1.96 bits per heavy atom. The molecule has 24 heavy (non-hydrogen) atoms. The predicted molar refractivity (Wildman–Crippen MR) is 75.5 cm³/mol. The molecule has 0 saturated carbocycles. The quantitative estimate of drug-likeness (QED) is 0.602. The Bertz CT molecular complexity index is 775. The number of non-ortho nitro benzene ring substituents is 2. The van der Waals surface area contributed by atoms with E-state index in [4.69, 9.17) is 4.74 Å². The molecule has 2 rings (SSSR count). The lowest BCUT2D eigenvalue weighted by molar-refractivity contribution is -0.385. The van der Waals surface area contributed by atoms with Gasteiger partial charge >= 0.3 is 6.18 Å². The SMILES string of the molecule is O=[N+]([O-])c1ccc(COc2ccc([N+](=O)[O-])cc2C(F)(F)F)cc1. The normalized spacial score (nSPS) is 11.1. The minimum Gasteiger partial charge on any atom is -0.488 e. The second-order valence-corrected chi connectivity index (χ2v) is 4.65. The summed E-state index contributed by atoms with van der Waals surface area (Å²) in [4.78, 5) is 19.6. The fourth-order valence-electron chi connectivity index (χ4n) is 1.85. The second kappa shape index (κ2) is 6.52. The van der Waals surface area contributed by atoms with E-state index in [2.05, 4.69) is 0 Å². The van der Waals surface area contributed by atoms with Gasteiger partial charge in [-0.15, -0.1) is 0 Å². The van der Waals surface area contributed by atoms with Crippen LogP contribution in [-0.2, 0) is 12.8 Å². The molecule has 0 saturated heterocycles. The van der Waals surface area contributed by atoms with E-state index in [9.17, 15) is 33.4 Å². The van der Waals surface area contributed by atoms with Crippen LogP contribution in [0.5, 0.6) is 5.75 Å². The zero-order valence-electron chi connectivity index (χ0n) is 11.8. The van der Waals surface area contributed by atoms with Gasteiger partial charge in [0.25, 0.3) is 11.4 Å². The molecule has 0 aromatic heterocycles. The molecule has 0 radical (unpaired) electrons. The minimum absolute atomic E-state index is 0.162. The van der Waals surface area contributed by atoms with Crippen molar-refractivity contribution in [3.05, 3.63) is 73.8 Å². The van der Waals surface area contributed by atoms with E-state index < -0.39 is 33.0 Å². The molecule has 2 aromatic carbocycles. The van der Waals surface area contributed by atoms with Crippen LogP contribution < -0.4 is 4.74 Å². The highest BCUT2D eigenvalue weighted by molar-refractivity contribution is 5.45. The number of hydrogen-bond donors (Lipinski definition) is 0. The van der Waals surface area contributed by atoms with Gasteiger partial charge in [-0.2, -0.15) is 13.2 Å². The summed E-state index contributed by atoms with van der Waals surface area (Å²) in [6.07, 6.45) is -4.82. The Hall–Kier alpha value is -3.17. The van der Waals surface area contributed by atoms with Gasteiger partial charge < -0.3 is 4.74 Å². The molecule has 2 aromatic rings. The predicted octanol–water partition coefficient (Wildman–Crippen LogP) is 4.10. The van der Waals surface area contributed by atoms with E-state index in [1.54, 1.807) is 0 Å². The highest BCUT2D eigenvalue weighted by Crippen LogP contribution is 2.38. The van der Waals surface area contributed by atoms with E-state index >= 15 is 0 Å². The molecular formula is C14H9F3N2O5. The standard InChI is InChI=1S/C14H9F3N2O5/c15-14(16,17)12-7-11(19(22)23)5-6-13(12)24-8-9-1-3-10(4-2-9)18(20)21/h1-7H,8H2.